The number of hydrogen-bond donors (Lipinski definition) is 1. The van der Waals surface area contributed by atoms with Crippen LogP contribution in [0.15, 0.2) is 42.7 Å². The third-order valence-corrected chi connectivity index (χ3v) is 5.02. The molecule has 170 valence electrons. The van der Waals surface area contributed by atoms with Crippen LogP contribution in [-0.2, 0) is 30.8 Å². The minimum atomic E-state index is -1.02. The zero-order valence-electron chi connectivity index (χ0n) is 18.4. The van der Waals surface area contributed by atoms with Crippen LogP contribution in [0.25, 0.3) is 0 Å². The molecule has 0 aliphatic rings. The third-order valence-electron chi connectivity index (χ3n) is 5.02. The Morgan fingerprint density at radius 2 is 1.91 bits per heavy atom. The number of nitrogens with zero attached hydrogens (tertiary/aromatic N) is 5. The molecule has 0 unspecified atom stereocenters. The zero-order chi connectivity index (χ0) is 23.1. The summed E-state index contributed by atoms with van der Waals surface area (Å²) in [6.45, 7) is 3.15. The SMILES string of the molecule is CCn1nccc1CN(CCc1ccc(OC)c(OC)c1)C(=O)c1ccn(CC(=O)O)n1. The molecule has 1 aromatic carbocycles. The molecule has 2 heterocycles. The second-order valence-corrected chi connectivity index (χ2v) is 7.10. The van der Waals surface area contributed by atoms with Crippen molar-refractivity contribution in [2.75, 3.05) is 20.8 Å². The number of carboxylic acid groups (broad SMARTS) is 1. The molecule has 1 N–H and O–H groups in total. The second-order valence-electron chi connectivity index (χ2n) is 7.10. The van der Waals surface area contributed by atoms with Crippen LogP contribution in [0.5, 0.6) is 11.5 Å². The number of aromatic nitrogens is 4. The van der Waals surface area contributed by atoms with Crippen LogP contribution in [0.4, 0.5) is 0 Å². The molecule has 0 atom stereocenters. The van der Waals surface area contributed by atoms with E-state index in [1.54, 1.807) is 25.3 Å². The number of amides is 1. The number of aliphatic carboxylic acids is 1. The lowest BCUT2D eigenvalue weighted by Gasteiger charge is -2.22. The van der Waals surface area contributed by atoms with Crippen molar-refractivity contribution in [3.8, 4) is 11.5 Å². The smallest absolute Gasteiger partial charge is 0.325 e. The second kappa shape index (κ2) is 10.5. The van der Waals surface area contributed by atoms with Crippen molar-refractivity contribution < 1.29 is 24.2 Å². The first-order valence-electron chi connectivity index (χ1n) is 10.2. The van der Waals surface area contributed by atoms with E-state index >= 15 is 0 Å². The Morgan fingerprint density at radius 3 is 2.59 bits per heavy atom. The molecule has 0 radical (unpaired) electrons. The molecule has 0 aliphatic carbocycles. The van der Waals surface area contributed by atoms with Crippen LogP contribution >= 0.6 is 0 Å². The summed E-state index contributed by atoms with van der Waals surface area (Å²) in [6.07, 6.45) is 3.78. The molecule has 0 saturated heterocycles. The summed E-state index contributed by atoms with van der Waals surface area (Å²) in [7, 11) is 3.16. The van der Waals surface area contributed by atoms with Crippen molar-refractivity contribution >= 4 is 11.9 Å². The van der Waals surface area contributed by atoms with Crippen LogP contribution in [0.2, 0.25) is 0 Å². The molecule has 1 amide bonds. The van der Waals surface area contributed by atoms with Gasteiger partial charge in [0, 0.05) is 25.5 Å². The summed E-state index contributed by atoms with van der Waals surface area (Å²) in [5.41, 5.74) is 2.08. The van der Waals surface area contributed by atoms with Gasteiger partial charge in [0.25, 0.3) is 5.91 Å². The summed E-state index contributed by atoms with van der Waals surface area (Å²) in [4.78, 5) is 25.9. The number of ether oxygens (including phenoxy) is 2. The van der Waals surface area contributed by atoms with Gasteiger partial charge in [-0.3, -0.25) is 19.0 Å². The van der Waals surface area contributed by atoms with Crippen molar-refractivity contribution in [3.05, 3.63) is 59.7 Å². The fourth-order valence-corrected chi connectivity index (χ4v) is 3.39. The van der Waals surface area contributed by atoms with Gasteiger partial charge in [-0.15, -0.1) is 0 Å². The molecule has 0 fully saturated rings. The van der Waals surface area contributed by atoms with Crippen molar-refractivity contribution in [1.82, 2.24) is 24.5 Å². The number of carboxylic acids is 1. The maximum atomic E-state index is 13.2. The van der Waals surface area contributed by atoms with Crippen LogP contribution in [0.3, 0.4) is 0 Å². The Labute approximate surface area is 186 Å². The van der Waals surface area contributed by atoms with E-state index in [1.807, 2.05) is 35.9 Å². The van der Waals surface area contributed by atoms with E-state index in [0.29, 0.717) is 37.6 Å². The minimum absolute atomic E-state index is 0.195. The topological polar surface area (TPSA) is 112 Å². The molecule has 0 aliphatic heterocycles. The molecular formula is C22H27N5O5. The molecule has 3 rings (SSSR count). The monoisotopic (exact) mass is 441 g/mol. The van der Waals surface area contributed by atoms with Gasteiger partial charge in [0.05, 0.1) is 26.5 Å². The van der Waals surface area contributed by atoms with Crippen molar-refractivity contribution in [2.24, 2.45) is 0 Å². The van der Waals surface area contributed by atoms with Crippen LogP contribution in [0, 0.1) is 0 Å². The third kappa shape index (κ3) is 5.45. The summed E-state index contributed by atoms with van der Waals surface area (Å²) in [5.74, 6) is -0.0397. The van der Waals surface area contributed by atoms with E-state index in [-0.39, 0.29) is 18.1 Å². The highest BCUT2D eigenvalue weighted by molar-refractivity contribution is 5.92. The Bertz CT molecular complexity index is 1070. The maximum Gasteiger partial charge on any atom is 0.325 e. The summed E-state index contributed by atoms with van der Waals surface area (Å²) in [5, 5.41) is 17.4. The molecule has 0 bridgehead atoms. The quantitative estimate of drug-likeness (QED) is 0.485. The van der Waals surface area contributed by atoms with Gasteiger partial charge in [-0.25, -0.2) is 0 Å². The van der Waals surface area contributed by atoms with Gasteiger partial charge in [0.1, 0.15) is 12.2 Å². The molecule has 10 heteroatoms. The van der Waals surface area contributed by atoms with E-state index in [1.165, 1.54) is 16.9 Å². The van der Waals surface area contributed by atoms with E-state index in [9.17, 15) is 9.59 Å². The maximum absolute atomic E-state index is 13.2. The highest BCUT2D eigenvalue weighted by atomic mass is 16.5. The summed E-state index contributed by atoms with van der Waals surface area (Å²) >= 11 is 0. The van der Waals surface area contributed by atoms with Gasteiger partial charge in [0.2, 0.25) is 0 Å². The van der Waals surface area contributed by atoms with Gasteiger partial charge >= 0.3 is 5.97 Å². The lowest BCUT2D eigenvalue weighted by molar-refractivity contribution is -0.137. The molecular weight excluding hydrogens is 414 g/mol. The first kappa shape index (κ1) is 22.9. The fraction of sp³-hybridized carbons (Fsp3) is 0.364. The highest BCUT2D eigenvalue weighted by Crippen LogP contribution is 2.27. The van der Waals surface area contributed by atoms with Crippen LogP contribution in [0.1, 0.15) is 28.7 Å². The van der Waals surface area contributed by atoms with E-state index < -0.39 is 5.97 Å². The molecule has 0 saturated carbocycles. The lowest BCUT2D eigenvalue weighted by Crippen LogP contribution is -2.33. The van der Waals surface area contributed by atoms with Gasteiger partial charge in [0.15, 0.2) is 11.5 Å². The summed E-state index contributed by atoms with van der Waals surface area (Å²) in [6, 6.07) is 9.07. The van der Waals surface area contributed by atoms with E-state index in [0.717, 1.165) is 11.3 Å². The van der Waals surface area contributed by atoms with Crippen molar-refractivity contribution in [2.45, 2.75) is 33.0 Å². The fourth-order valence-electron chi connectivity index (χ4n) is 3.39. The van der Waals surface area contributed by atoms with Crippen LogP contribution in [-0.4, -0.2) is 62.2 Å². The van der Waals surface area contributed by atoms with Gasteiger partial charge in [-0.2, -0.15) is 10.2 Å². The zero-order valence-corrected chi connectivity index (χ0v) is 18.4. The first-order chi connectivity index (χ1) is 15.4. The first-order valence-corrected chi connectivity index (χ1v) is 10.2. The standard InChI is InChI=1S/C22H27N5O5/c1-4-27-17(7-10-23-27)14-25(22(30)18-9-12-26(24-18)15-21(28)29)11-8-16-5-6-19(31-2)20(13-16)32-3/h5-7,9-10,12-13H,4,8,11,14-15H2,1-3H3,(H,28,29). The van der Waals surface area contributed by atoms with E-state index in [2.05, 4.69) is 10.2 Å². The van der Waals surface area contributed by atoms with Crippen molar-refractivity contribution in [1.29, 1.82) is 0 Å². The highest BCUT2D eigenvalue weighted by Gasteiger charge is 2.21. The molecule has 2 aromatic heterocycles. The molecule has 10 nitrogen and oxygen atoms in total. The van der Waals surface area contributed by atoms with Crippen LogP contribution < -0.4 is 9.47 Å². The Hall–Kier alpha value is -3.82. The average Bonchev–Trinajstić information content (AvgIpc) is 3.44. The van der Waals surface area contributed by atoms with Gasteiger partial charge in [-0.05, 0) is 43.2 Å². The largest absolute Gasteiger partial charge is 0.493 e. The Balaban J connectivity index is 1.81. The number of carbonyl (C=O) groups is 2. The molecule has 0 spiro atoms. The lowest BCUT2D eigenvalue weighted by atomic mass is 10.1. The Kier molecular flexibility index (Phi) is 7.48. The average molecular weight is 441 g/mol. The van der Waals surface area contributed by atoms with Crippen molar-refractivity contribution in [3.63, 3.8) is 0 Å². The predicted octanol–water partition coefficient (Wildman–Crippen LogP) is 2.09. The minimum Gasteiger partial charge on any atom is -0.493 e. The number of hydrogen-bond acceptors (Lipinski definition) is 6. The number of methoxy groups -OCH3 is 2. The Morgan fingerprint density at radius 1 is 1.12 bits per heavy atom. The number of carbonyl (C=O) groups excluding carboxylic acids is 1. The van der Waals surface area contributed by atoms with E-state index in [4.69, 9.17) is 14.6 Å². The number of rotatable bonds is 11. The molecule has 3 aromatic rings. The predicted molar refractivity (Wildman–Crippen MR) is 116 cm³/mol. The molecule has 32 heavy (non-hydrogen) atoms. The summed E-state index contributed by atoms with van der Waals surface area (Å²) < 4.78 is 13.7. The van der Waals surface area contributed by atoms with Gasteiger partial charge in [-0.1, -0.05) is 6.07 Å². The van der Waals surface area contributed by atoms with Gasteiger partial charge < -0.3 is 19.5 Å². The number of aryl methyl sites for hydroxylation is 1. The normalized spacial score (nSPS) is 10.7. The number of benzene rings is 1.